The summed E-state index contributed by atoms with van der Waals surface area (Å²) in [4.78, 5) is 51.7. The highest BCUT2D eigenvalue weighted by Crippen LogP contribution is 2.37. The normalized spacial score (nSPS) is 14.2. The Morgan fingerprint density at radius 3 is 2.12 bits per heavy atom. The minimum Gasteiger partial charge on any atom is -0.478 e. The van der Waals surface area contributed by atoms with Crippen LogP contribution in [0.25, 0.3) is 11.1 Å². The molecule has 5 rings (SSSR count). The minimum absolute atomic E-state index is 0.137. The second kappa shape index (κ2) is 11.2. The van der Waals surface area contributed by atoms with E-state index in [1.54, 1.807) is 16.2 Å². The van der Waals surface area contributed by atoms with Crippen LogP contribution >= 0.6 is 11.3 Å². The van der Waals surface area contributed by atoms with Crippen molar-refractivity contribution >= 4 is 35.2 Å². The maximum atomic E-state index is 14.3. The lowest BCUT2D eigenvalue weighted by atomic mass is 9.86. The molecule has 0 fully saturated rings. The first-order chi connectivity index (χ1) is 19.2. The summed E-state index contributed by atoms with van der Waals surface area (Å²) in [5.41, 5.74) is 2.60. The molecule has 8 nitrogen and oxygen atoms in total. The molecule has 0 spiro atoms. The number of thiophene rings is 1. The van der Waals surface area contributed by atoms with Gasteiger partial charge in [0.2, 0.25) is 0 Å². The summed E-state index contributed by atoms with van der Waals surface area (Å²) in [5, 5.41) is 33.1. The van der Waals surface area contributed by atoms with Crippen molar-refractivity contribution in [1.82, 2.24) is 4.90 Å². The number of aromatic carboxylic acids is 3. The van der Waals surface area contributed by atoms with Crippen molar-refractivity contribution in [1.29, 1.82) is 0 Å². The number of nitrogens with zero attached hydrogens (tertiary/aromatic N) is 1. The van der Waals surface area contributed by atoms with Crippen molar-refractivity contribution in [2.45, 2.75) is 31.8 Å². The van der Waals surface area contributed by atoms with Gasteiger partial charge in [-0.3, -0.25) is 4.79 Å². The van der Waals surface area contributed by atoms with Gasteiger partial charge in [0.05, 0.1) is 28.3 Å². The Bertz CT molecular complexity index is 1630. The van der Waals surface area contributed by atoms with E-state index in [9.17, 15) is 34.5 Å². The van der Waals surface area contributed by atoms with Gasteiger partial charge in [0.1, 0.15) is 0 Å². The average Bonchev–Trinajstić information content (AvgIpc) is 3.50. The van der Waals surface area contributed by atoms with Crippen molar-refractivity contribution in [3.05, 3.63) is 116 Å². The van der Waals surface area contributed by atoms with E-state index in [1.165, 1.54) is 0 Å². The molecule has 40 heavy (non-hydrogen) atoms. The minimum atomic E-state index is -1.60. The van der Waals surface area contributed by atoms with Gasteiger partial charge in [0.15, 0.2) is 0 Å². The van der Waals surface area contributed by atoms with Crippen LogP contribution in [0.3, 0.4) is 0 Å². The number of carboxylic acids is 3. The quantitative estimate of drug-likeness (QED) is 0.235. The van der Waals surface area contributed by atoms with Crippen LogP contribution in [0.1, 0.15) is 77.0 Å². The Kier molecular flexibility index (Phi) is 7.48. The number of hydrogen-bond donors (Lipinski definition) is 3. The van der Waals surface area contributed by atoms with Crippen LogP contribution < -0.4 is 0 Å². The predicted molar refractivity (Wildman–Crippen MR) is 149 cm³/mol. The standard InChI is InChI=1S/C31H25NO7S/c33-28(23-14-25(30(36)37)26(31(38)39)15-24(23)29(34)35)32(27-10-4-7-19-6-1-2-9-22(19)27)16-18-5-3-8-20(13-18)21-11-12-40-17-21/h1-3,5-6,8-9,11-15,17,27H,4,7,10,16H2,(H,34,35)(H,36,37)(H,38,39)/t27-/m0/s1. The number of carbonyl (C=O) groups excluding carboxylic acids is 1. The second-order valence-corrected chi connectivity index (χ2v) is 10.4. The molecule has 202 valence electrons. The molecule has 3 N–H and O–H groups in total. The first-order valence-corrected chi connectivity index (χ1v) is 13.6. The molecule has 9 heteroatoms. The number of hydrogen-bond acceptors (Lipinski definition) is 5. The van der Waals surface area contributed by atoms with Crippen molar-refractivity contribution in [2.75, 3.05) is 0 Å². The zero-order chi connectivity index (χ0) is 28.4. The fourth-order valence-electron chi connectivity index (χ4n) is 5.31. The number of carboxylic acid groups (broad SMARTS) is 3. The molecule has 1 amide bonds. The first kappa shape index (κ1) is 26.8. The van der Waals surface area contributed by atoms with Crippen molar-refractivity contribution in [2.24, 2.45) is 0 Å². The summed E-state index contributed by atoms with van der Waals surface area (Å²) >= 11 is 1.57. The molecule has 0 bridgehead atoms. The maximum Gasteiger partial charge on any atom is 0.336 e. The molecule has 4 aromatic rings. The number of rotatable bonds is 8. The Morgan fingerprint density at radius 1 is 0.775 bits per heavy atom. The smallest absolute Gasteiger partial charge is 0.336 e. The Labute approximate surface area is 233 Å². The lowest BCUT2D eigenvalue weighted by molar-refractivity contribution is 0.0611. The largest absolute Gasteiger partial charge is 0.478 e. The highest BCUT2D eigenvalue weighted by molar-refractivity contribution is 7.08. The van der Waals surface area contributed by atoms with Crippen LogP contribution in [-0.4, -0.2) is 44.0 Å². The van der Waals surface area contributed by atoms with E-state index in [-0.39, 0.29) is 12.1 Å². The lowest BCUT2D eigenvalue weighted by Gasteiger charge is -2.36. The number of carbonyl (C=O) groups is 4. The highest BCUT2D eigenvalue weighted by Gasteiger charge is 2.33. The van der Waals surface area contributed by atoms with Gasteiger partial charge in [-0.2, -0.15) is 11.3 Å². The van der Waals surface area contributed by atoms with Crippen LogP contribution in [-0.2, 0) is 13.0 Å². The summed E-state index contributed by atoms with van der Waals surface area (Å²) in [6.07, 6.45) is 2.29. The molecule has 0 unspecified atom stereocenters. The van der Waals surface area contributed by atoms with E-state index in [2.05, 4.69) is 0 Å². The van der Waals surface area contributed by atoms with E-state index in [1.807, 2.05) is 65.4 Å². The van der Waals surface area contributed by atoms with Gasteiger partial charge in [-0.15, -0.1) is 0 Å². The number of benzene rings is 3. The zero-order valence-electron chi connectivity index (χ0n) is 21.2. The third-order valence-corrected chi connectivity index (χ3v) is 7.87. The van der Waals surface area contributed by atoms with E-state index in [0.29, 0.717) is 6.42 Å². The van der Waals surface area contributed by atoms with E-state index < -0.39 is 46.5 Å². The molecule has 1 heterocycles. The summed E-state index contributed by atoms with van der Waals surface area (Å²) in [5.74, 6) is -5.37. The summed E-state index contributed by atoms with van der Waals surface area (Å²) in [6, 6.07) is 18.8. The predicted octanol–water partition coefficient (Wildman–Crippen LogP) is 6.23. The average molecular weight is 556 g/mol. The Hall–Kier alpha value is -4.76. The van der Waals surface area contributed by atoms with Crippen LogP contribution in [0, 0.1) is 0 Å². The summed E-state index contributed by atoms with van der Waals surface area (Å²) < 4.78 is 0. The van der Waals surface area contributed by atoms with Crippen LogP contribution in [0.2, 0.25) is 0 Å². The topological polar surface area (TPSA) is 132 Å². The van der Waals surface area contributed by atoms with Crippen molar-refractivity contribution < 1.29 is 34.5 Å². The molecule has 1 aliphatic carbocycles. The SMILES string of the molecule is O=C(O)c1cc(C(=O)O)c(C(=O)N(Cc2cccc(-c3ccsc3)c2)[C@H]2CCCc3ccccc32)cc1C(=O)O. The highest BCUT2D eigenvalue weighted by atomic mass is 32.1. The van der Waals surface area contributed by atoms with E-state index >= 15 is 0 Å². The third-order valence-electron chi connectivity index (χ3n) is 7.19. The Morgan fingerprint density at radius 2 is 1.45 bits per heavy atom. The van der Waals surface area contributed by atoms with Crippen LogP contribution in [0.4, 0.5) is 0 Å². The molecular formula is C31H25NO7S. The third kappa shape index (κ3) is 5.23. The van der Waals surface area contributed by atoms with E-state index in [0.717, 1.165) is 52.8 Å². The van der Waals surface area contributed by atoms with Crippen molar-refractivity contribution in [3.8, 4) is 11.1 Å². The molecular weight excluding hydrogens is 530 g/mol. The van der Waals surface area contributed by atoms with Crippen molar-refractivity contribution in [3.63, 3.8) is 0 Å². The maximum absolute atomic E-state index is 14.3. The molecule has 0 saturated heterocycles. The molecule has 0 saturated carbocycles. The van der Waals surface area contributed by atoms with Gasteiger partial charge in [0, 0.05) is 6.54 Å². The van der Waals surface area contributed by atoms with E-state index in [4.69, 9.17) is 0 Å². The lowest BCUT2D eigenvalue weighted by Crippen LogP contribution is -2.37. The molecule has 3 aromatic carbocycles. The molecule has 1 atom stereocenters. The number of fused-ring (bicyclic) bond motifs is 1. The number of aryl methyl sites for hydroxylation is 1. The van der Waals surface area contributed by atoms with Gasteiger partial charge < -0.3 is 20.2 Å². The van der Waals surface area contributed by atoms with Crippen LogP contribution in [0.15, 0.2) is 77.5 Å². The Balaban J connectivity index is 1.65. The fraction of sp³-hybridized carbons (Fsp3) is 0.161. The van der Waals surface area contributed by atoms with Crippen LogP contribution in [0.5, 0.6) is 0 Å². The molecule has 0 radical (unpaired) electrons. The van der Waals surface area contributed by atoms with Gasteiger partial charge in [-0.1, -0.05) is 42.5 Å². The van der Waals surface area contributed by atoms with Gasteiger partial charge in [-0.25, -0.2) is 14.4 Å². The fourth-order valence-corrected chi connectivity index (χ4v) is 5.98. The zero-order valence-corrected chi connectivity index (χ0v) is 22.1. The second-order valence-electron chi connectivity index (χ2n) is 9.61. The molecule has 1 aromatic heterocycles. The summed E-state index contributed by atoms with van der Waals surface area (Å²) in [6.45, 7) is 0.137. The van der Waals surface area contributed by atoms with Gasteiger partial charge in [0.25, 0.3) is 5.91 Å². The molecule has 1 aliphatic rings. The number of amides is 1. The first-order valence-electron chi connectivity index (χ1n) is 12.6. The van der Waals surface area contributed by atoms with Gasteiger partial charge >= 0.3 is 17.9 Å². The summed E-state index contributed by atoms with van der Waals surface area (Å²) in [7, 11) is 0. The van der Waals surface area contributed by atoms with Gasteiger partial charge in [-0.05, 0) is 82.1 Å². The monoisotopic (exact) mass is 555 g/mol. The molecule has 0 aliphatic heterocycles.